The summed E-state index contributed by atoms with van der Waals surface area (Å²) in [5, 5.41) is 16.6. The fourth-order valence-electron chi connectivity index (χ4n) is 1.71. The molecule has 90 valence electrons. The highest BCUT2D eigenvalue weighted by Crippen LogP contribution is 2.38. The van der Waals surface area contributed by atoms with Crippen LogP contribution in [0.4, 0.5) is 5.69 Å². The lowest BCUT2D eigenvalue weighted by Crippen LogP contribution is -1.90. The molecular formula is C11H8ClN5S. The molecule has 3 rings (SSSR count). The van der Waals surface area contributed by atoms with Crippen molar-refractivity contribution in [2.24, 2.45) is 0 Å². The largest absolute Gasteiger partial charge is 0.398 e. The lowest BCUT2D eigenvalue weighted by molar-refractivity contribution is 0.881. The third-order valence-electron chi connectivity index (χ3n) is 2.52. The van der Waals surface area contributed by atoms with Gasteiger partial charge in [0.25, 0.3) is 0 Å². The lowest BCUT2D eigenvalue weighted by Gasteiger charge is -2.05. The van der Waals surface area contributed by atoms with Crippen LogP contribution in [0.15, 0.2) is 29.6 Å². The standard InChI is InChI=1S/C11H8ClN5S/c12-6-1-2-9(13)8(5-6)7-3-4-18-10(7)11-14-16-17-15-11/h1-5H,13H2,(H,14,15,16,17). The molecule has 0 amide bonds. The normalized spacial score (nSPS) is 10.7. The summed E-state index contributed by atoms with van der Waals surface area (Å²) in [5.74, 6) is 0.555. The van der Waals surface area contributed by atoms with Crippen molar-refractivity contribution in [1.29, 1.82) is 0 Å². The van der Waals surface area contributed by atoms with E-state index in [1.807, 2.05) is 17.5 Å². The van der Waals surface area contributed by atoms with Crippen LogP contribution in [0.2, 0.25) is 5.02 Å². The van der Waals surface area contributed by atoms with Gasteiger partial charge in [-0.25, -0.2) is 0 Å². The van der Waals surface area contributed by atoms with Crippen LogP contribution in [0.5, 0.6) is 0 Å². The zero-order valence-corrected chi connectivity index (χ0v) is 10.7. The molecule has 0 saturated carbocycles. The van der Waals surface area contributed by atoms with Gasteiger partial charge in [0.1, 0.15) is 0 Å². The number of nitrogens with one attached hydrogen (secondary N) is 1. The van der Waals surface area contributed by atoms with Crippen LogP contribution >= 0.6 is 22.9 Å². The Hall–Kier alpha value is -1.92. The maximum Gasteiger partial charge on any atom is 0.215 e. The summed E-state index contributed by atoms with van der Waals surface area (Å²) in [6.07, 6.45) is 0. The maximum atomic E-state index is 6.01. The number of nitrogens with two attached hydrogens (primary N) is 1. The molecule has 2 heterocycles. The van der Waals surface area contributed by atoms with Crippen molar-refractivity contribution in [2.75, 3.05) is 5.73 Å². The first-order valence-electron chi connectivity index (χ1n) is 5.12. The van der Waals surface area contributed by atoms with E-state index < -0.39 is 0 Å². The number of halogens is 1. The quantitative estimate of drug-likeness (QED) is 0.706. The maximum absolute atomic E-state index is 6.01. The summed E-state index contributed by atoms with van der Waals surface area (Å²) in [7, 11) is 0. The Morgan fingerprint density at radius 3 is 2.89 bits per heavy atom. The van der Waals surface area contributed by atoms with Crippen molar-refractivity contribution >= 4 is 28.6 Å². The van der Waals surface area contributed by atoms with Gasteiger partial charge in [0.15, 0.2) is 0 Å². The molecule has 3 N–H and O–H groups in total. The van der Waals surface area contributed by atoms with Gasteiger partial charge < -0.3 is 5.73 Å². The molecule has 0 saturated heterocycles. The second-order valence-electron chi connectivity index (χ2n) is 3.63. The van der Waals surface area contributed by atoms with Gasteiger partial charge in [0.05, 0.1) is 4.88 Å². The lowest BCUT2D eigenvalue weighted by atomic mass is 10.0. The predicted octanol–water partition coefficient (Wildman–Crippen LogP) is 2.83. The summed E-state index contributed by atoms with van der Waals surface area (Å²) >= 11 is 7.54. The highest BCUT2D eigenvalue weighted by Gasteiger charge is 2.14. The SMILES string of the molecule is Nc1ccc(Cl)cc1-c1ccsc1-c1nn[nH]n1. The zero-order chi connectivity index (χ0) is 12.5. The number of H-pyrrole nitrogens is 1. The van der Waals surface area contributed by atoms with E-state index in [1.54, 1.807) is 12.1 Å². The number of anilines is 1. The van der Waals surface area contributed by atoms with E-state index in [0.29, 0.717) is 16.5 Å². The molecule has 0 aliphatic heterocycles. The number of aromatic amines is 1. The minimum absolute atomic E-state index is 0.555. The van der Waals surface area contributed by atoms with Crippen LogP contribution in [0, 0.1) is 0 Å². The second-order valence-corrected chi connectivity index (χ2v) is 4.98. The molecule has 0 atom stereocenters. The molecule has 0 aliphatic carbocycles. The Labute approximate surface area is 112 Å². The number of nitrogen functional groups attached to an aromatic ring is 1. The van der Waals surface area contributed by atoms with Crippen molar-refractivity contribution in [3.63, 3.8) is 0 Å². The molecular weight excluding hydrogens is 270 g/mol. The number of tetrazole rings is 1. The van der Waals surface area contributed by atoms with E-state index in [4.69, 9.17) is 17.3 Å². The van der Waals surface area contributed by atoms with Crippen molar-refractivity contribution in [3.05, 3.63) is 34.7 Å². The first-order valence-corrected chi connectivity index (χ1v) is 6.38. The van der Waals surface area contributed by atoms with Gasteiger partial charge in [0.2, 0.25) is 5.82 Å². The van der Waals surface area contributed by atoms with Crippen LogP contribution in [-0.2, 0) is 0 Å². The molecule has 2 aromatic heterocycles. The van der Waals surface area contributed by atoms with Crippen molar-refractivity contribution < 1.29 is 0 Å². The fourth-order valence-corrected chi connectivity index (χ4v) is 2.72. The molecule has 5 nitrogen and oxygen atoms in total. The van der Waals surface area contributed by atoms with Crippen molar-refractivity contribution in [1.82, 2.24) is 20.6 Å². The van der Waals surface area contributed by atoms with E-state index in [2.05, 4.69) is 20.6 Å². The minimum atomic E-state index is 0.555. The number of hydrogen-bond acceptors (Lipinski definition) is 5. The molecule has 3 aromatic rings. The molecule has 0 fully saturated rings. The Morgan fingerprint density at radius 1 is 1.22 bits per heavy atom. The highest BCUT2D eigenvalue weighted by molar-refractivity contribution is 7.14. The van der Waals surface area contributed by atoms with Gasteiger partial charge in [-0.15, -0.1) is 21.5 Å². The average Bonchev–Trinajstić information content (AvgIpc) is 3.00. The molecule has 0 aliphatic rings. The highest BCUT2D eigenvalue weighted by atomic mass is 35.5. The Kier molecular flexibility index (Phi) is 2.73. The zero-order valence-electron chi connectivity index (χ0n) is 9.09. The van der Waals surface area contributed by atoms with Crippen LogP contribution in [0.25, 0.3) is 21.8 Å². The van der Waals surface area contributed by atoms with Gasteiger partial charge >= 0.3 is 0 Å². The van der Waals surface area contributed by atoms with Gasteiger partial charge in [-0.1, -0.05) is 11.6 Å². The first kappa shape index (κ1) is 11.2. The molecule has 0 radical (unpaired) electrons. The van der Waals surface area contributed by atoms with Crippen LogP contribution in [-0.4, -0.2) is 20.6 Å². The predicted molar refractivity (Wildman–Crippen MR) is 72.3 cm³/mol. The van der Waals surface area contributed by atoms with Crippen LogP contribution in [0.1, 0.15) is 0 Å². The fraction of sp³-hybridized carbons (Fsp3) is 0. The van der Waals surface area contributed by atoms with Crippen LogP contribution < -0.4 is 5.73 Å². The Balaban J connectivity index is 2.19. The van der Waals surface area contributed by atoms with Gasteiger partial charge in [-0.3, -0.25) is 0 Å². The molecule has 0 bridgehead atoms. The third kappa shape index (κ3) is 1.85. The van der Waals surface area contributed by atoms with Gasteiger partial charge in [0, 0.05) is 21.8 Å². The number of thiophene rings is 1. The first-order chi connectivity index (χ1) is 8.75. The second kappa shape index (κ2) is 4.40. The molecule has 1 aromatic carbocycles. The van der Waals surface area contributed by atoms with E-state index in [0.717, 1.165) is 16.0 Å². The number of nitrogens with zero attached hydrogens (tertiary/aromatic N) is 3. The number of rotatable bonds is 2. The van der Waals surface area contributed by atoms with E-state index in [9.17, 15) is 0 Å². The van der Waals surface area contributed by atoms with E-state index in [-0.39, 0.29) is 0 Å². The molecule has 0 spiro atoms. The molecule has 7 heteroatoms. The van der Waals surface area contributed by atoms with Crippen molar-refractivity contribution in [3.8, 4) is 21.8 Å². The molecule has 0 unspecified atom stereocenters. The topological polar surface area (TPSA) is 80.5 Å². The monoisotopic (exact) mass is 277 g/mol. The summed E-state index contributed by atoms with van der Waals surface area (Å²) < 4.78 is 0. The molecule has 18 heavy (non-hydrogen) atoms. The Bertz CT molecular complexity index is 677. The number of hydrogen-bond donors (Lipinski definition) is 2. The van der Waals surface area contributed by atoms with E-state index >= 15 is 0 Å². The smallest absolute Gasteiger partial charge is 0.215 e. The average molecular weight is 278 g/mol. The summed E-state index contributed by atoms with van der Waals surface area (Å²) in [5.41, 5.74) is 8.49. The number of aromatic nitrogens is 4. The van der Waals surface area contributed by atoms with Crippen LogP contribution in [0.3, 0.4) is 0 Å². The summed E-state index contributed by atoms with van der Waals surface area (Å²) in [6, 6.07) is 7.36. The van der Waals surface area contributed by atoms with Crippen molar-refractivity contribution in [2.45, 2.75) is 0 Å². The Morgan fingerprint density at radius 2 is 2.11 bits per heavy atom. The number of benzene rings is 1. The van der Waals surface area contributed by atoms with Gasteiger partial charge in [-0.05, 0) is 34.9 Å². The summed E-state index contributed by atoms with van der Waals surface area (Å²) in [6.45, 7) is 0. The third-order valence-corrected chi connectivity index (χ3v) is 3.66. The van der Waals surface area contributed by atoms with Gasteiger partial charge in [-0.2, -0.15) is 5.21 Å². The van der Waals surface area contributed by atoms with E-state index in [1.165, 1.54) is 11.3 Å². The summed E-state index contributed by atoms with van der Waals surface area (Å²) in [4.78, 5) is 0.915. The minimum Gasteiger partial charge on any atom is -0.398 e.